The zero-order valence-electron chi connectivity index (χ0n) is 21.2. The van der Waals surface area contributed by atoms with Crippen molar-refractivity contribution in [1.29, 1.82) is 0 Å². The van der Waals surface area contributed by atoms with Crippen LogP contribution in [0.3, 0.4) is 0 Å². The van der Waals surface area contributed by atoms with Crippen molar-refractivity contribution < 1.29 is 4.79 Å². The molecule has 6 heteroatoms. The smallest absolute Gasteiger partial charge is 0.226 e. The molecule has 0 bridgehead atoms. The summed E-state index contributed by atoms with van der Waals surface area (Å²) < 4.78 is 0. The van der Waals surface area contributed by atoms with Gasteiger partial charge in [-0.2, -0.15) is 0 Å². The number of carbonyl (C=O) groups is 1. The second-order valence-corrected chi connectivity index (χ2v) is 10.7. The van der Waals surface area contributed by atoms with Crippen LogP contribution in [0.2, 0.25) is 0 Å². The molecule has 1 spiro atoms. The van der Waals surface area contributed by atoms with Gasteiger partial charge in [0.15, 0.2) is 0 Å². The molecule has 36 heavy (non-hydrogen) atoms. The molecule has 188 valence electrons. The summed E-state index contributed by atoms with van der Waals surface area (Å²) in [6, 6.07) is 16.7. The number of anilines is 1. The highest BCUT2D eigenvalue weighted by atomic mass is 16.1. The molecule has 1 saturated carbocycles. The van der Waals surface area contributed by atoms with Gasteiger partial charge in [-0.3, -0.25) is 9.79 Å². The van der Waals surface area contributed by atoms with E-state index in [1.165, 1.54) is 11.1 Å². The highest BCUT2D eigenvalue weighted by Crippen LogP contribution is 2.41. The number of aliphatic imine (C=N–C) groups is 1. The Hall–Kier alpha value is -3.38. The first-order valence-electron chi connectivity index (χ1n) is 13.1. The summed E-state index contributed by atoms with van der Waals surface area (Å²) >= 11 is 0. The highest BCUT2D eigenvalue weighted by Gasteiger charge is 2.44. The van der Waals surface area contributed by atoms with Crippen LogP contribution in [-0.4, -0.2) is 35.4 Å². The van der Waals surface area contributed by atoms with Gasteiger partial charge in [0.1, 0.15) is 11.4 Å². The van der Waals surface area contributed by atoms with E-state index in [9.17, 15) is 4.79 Å². The highest BCUT2D eigenvalue weighted by molar-refractivity contribution is 6.02. The Bertz CT molecular complexity index is 1180. The number of fused-ring (bicyclic) bond motifs is 1. The van der Waals surface area contributed by atoms with Gasteiger partial charge in [0.2, 0.25) is 5.91 Å². The number of amidine groups is 1. The van der Waals surface area contributed by atoms with E-state index in [1.54, 1.807) is 6.20 Å². The largest absolute Gasteiger partial charge is 0.388 e. The zero-order valence-corrected chi connectivity index (χ0v) is 21.2. The number of rotatable bonds is 9. The second kappa shape index (κ2) is 9.94. The quantitative estimate of drug-likeness (QED) is 0.425. The Morgan fingerprint density at radius 1 is 1.14 bits per heavy atom. The molecule has 5 rings (SSSR count). The van der Waals surface area contributed by atoms with Crippen LogP contribution in [0.15, 0.2) is 78.6 Å². The molecule has 6 nitrogen and oxygen atoms in total. The van der Waals surface area contributed by atoms with E-state index in [0.717, 1.165) is 67.9 Å². The van der Waals surface area contributed by atoms with Crippen LogP contribution in [0.1, 0.15) is 55.7 Å². The number of carbonyl (C=O) groups excluding carboxylic acids is 1. The first kappa shape index (κ1) is 24.3. The average Bonchev–Trinajstić information content (AvgIpc) is 3.56. The molecular weight excluding hydrogens is 446 g/mol. The summed E-state index contributed by atoms with van der Waals surface area (Å²) in [5.41, 5.74) is 4.89. The fourth-order valence-electron chi connectivity index (χ4n) is 5.94. The van der Waals surface area contributed by atoms with Gasteiger partial charge in [0.05, 0.1) is 0 Å². The van der Waals surface area contributed by atoms with Crippen molar-refractivity contribution >= 4 is 17.4 Å². The van der Waals surface area contributed by atoms with Crippen molar-refractivity contribution in [3.05, 3.63) is 90.3 Å². The van der Waals surface area contributed by atoms with Crippen LogP contribution in [0.25, 0.3) is 0 Å². The minimum atomic E-state index is -0.357. The van der Waals surface area contributed by atoms with Gasteiger partial charge >= 0.3 is 0 Å². The maximum Gasteiger partial charge on any atom is 0.226 e. The van der Waals surface area contributed by atoms with Gasteiger partial charge < -0.3 is 21.3 Å². The van der Waals surface area contributed by atoms with Crippen LogP contribution in [0.5, 0.6) is 0 Å². The Morgan fingerprint density at radius 3 is 2.64 bits per heavy atom. The molecule has 3 aliphatic rings. The van der Waals surface area contributed by atoms with Crippen molar-refractivity contribution in [3.8, 4) is 0 Å². The number of nitrogens with one attached hydrogen (secondary N) is 4. The lowest BCUT2D eigenvalue weighted by molar-refractivity contribution is -0.117. The molecule has 0 aromatic heterocycles. The first-order chi connectivity index (χ1) is 17.4. The number of amides is 1. The molecule has 2 atom stereocenters. The van der Waals surface area contributed by atoms with Crippen LogP contribution in [0.4, 0.5) is 5.69 Å². The van der Waals surface area contributed by atoms with E-state index in [-0.39, 0.29) is 23.0 Å². The maximum absolute atomic E-state index is 13.1. The molecule has 1 aliphatic heterocycles. The predicted octanol–water partition coefficient (Wildman–Crippen LogP) is 4.44. The summed E-state index contributed by atoms with van der Waals surface area (Å²) in [4.78, 5) is 18.2. The van der Waals surface area contributed by atoms with E-state index in [4.69, 9.17) is 4.99 Å². The van der Waals surface area contributed by atoms with Gasteiger partial charge in [-0.25, -0.2) is 0 Å². The molecular formula is C30H37N5O. The van der Waals surface area contributed by atoms with Gasteiger partial charge in [-0.05, 0) is 49.2 Å². The van der Waals surface area contributed by atoms with Crippen LogP contribution in [-0.2, 0) is 17.6 Å². The number of benzene rings is 2. The van der Waals surface area contributed by atoms with Crippen LogP contribution in [0, 0.1) is 0 Å². The normalized spacial score (nSPS) is 22.6. The molecule has 1 heterocycles. The third-order valence-corrected chi connectivity index (χ3v) is 7.91. The molecule has 2 aliphatic carbocycles. The number of hydrogen-bond acceptors (Lipinski definition) is 5. The summed E-state index contributed by atoms with van der Waals surface area (Å²) in [6.07, 6.45) is 8.21. The van der Waals surface area contributed by atoms with E-state index >= 15 is 0 Å². The fraction of sp³-hybridized carbons (Fsp3) is 0.400. The minimum Gasteiger partial charge on any atom is -0.388 e. The molecule has 2 aromatic carbocycles. The Balaban J connectivity index is 1.25. The lowest BCUT2D eigenvalue weighted by Crippen LogP contribution is -2.49. The van der Waals surface area contributed by atoms with E-state index in [2.05, 4.69) is 65.6 Å². The molecule has 2 aromatic rings. The lowest BCUT2D eigenvalue weighted by atomic mass is 9.92. The minimum absolute atomic E-state index is 0.0673. The standard InChI is InChI=1S/C30H37N5O/c1-4-31-21(2)20-32-29(14-8-9-15-29)19-27(36)34-26-13-12-24-17-30(18-25(24)16-26)22(3)33-28(35-30)23-10-6-5-7-11-23/h4-7,10-13,16,21,31-32H,1,3,8-9,14-15,17-20H2,2H3,(H,33,35)(H,34,36). The second-order valence-electron chi connectivity index (χ2n) is 10.7. The lowest BCUT2D eigenvalue weighted by Gasteiger charge is -2.31. The van der Waals surface area contributed by atoms with Crippen molar-refractivity contribution in [2.75, 3.05) is 11.9 Å². The molecule has 4 N–H and O–H groups in total. The zero-order chi connectivity index (χ0) is 25.2. The first-order valence-corrected chi connectivity index (χ1v) is 13.1. The summed E-state index contributed by atoms with van der Waals surface area (Å²) in [7, 11) is 0. The van der Waals surface area contributed by atoms with Crippen molar-refractivity contribution in [2.24, 2.45) is 4.99 Å². The topological polar surface area (TPSA) is 77.5 Å². The van der Waals surface area contributed by atoms with Crippen molar-refractivity contribution in [2.45, 2.75) is 69.0 Å². The SMILES string of the molecule is C=CNC(C)CNC1(CC(=O)Nc2ccc3c(c2)CC2(C3)N=C(c3ccccc3)NC2=C)CCCC1. The maximum atomic E-state index is 13.1. The van der Waals surface area contributed by atoms with Gasteiger partial charge in [0, 0.05) is 54.3 Å². The number of hydrogen-bond donors (Lipinski definition) is 4. The van der Waals surface area contributed by atoms with E-state index in [1.807, 2.05) is 24.3 Å². The molecule has 1 fully saturated rings. The predicted molar refractivity (Wildman–Crippen MR) is 147 cm³/mol. The Kier molecular flexibility index (Phi) is 6.71. The number of nitrogens with zero attached hydrogens (tertiary/aromatic N) is 1. The third kappa shape index (κ3) is 4.96. The van der Waals surface area contributed by atoms with E-state index in [0.29, 0.717) is 6.42 Å². The molecule has 1 amide bonds. The van der Waals surface area contributed by atoms with Crippen LogP contribution < -0.4 is 21.3 Å². The van der Waals surface area contributed by atoms with Crippen LogP contribution >= 0.6 is 0 Å². The Morgan fingerprint density at radius 2 is 1.89 bits per heavy atom. The fourth-order valence-corrected chi connectivity index (χ4v) is 5.94. The summed E-state index contributed by atoms with van der Waals surface area (Å²) in [5, 5.41) is 13.5. The van der Waals surface area contributed by atoms with Crippen molar-refractivity contribution in [3.63, 3.8) is 0 Å². The monoisotopic (exact) mass is 483 g/mol. The summed E-state index contributed by atoms with van der Waals surface area (Å²) in [5.74, 6) is 0.951. The summed E-state index contributed by atoms with van der Waals surface area (Å²) in [6.45, 7) is 11.0. The Labute approximate surface area is 214 Å². The third-order valence-electron chi connectivity index (χ3n) is 7.91. The van der Waals surface area contributed by atoms with Gasteiger partial charge in [0.25, 0.3) is 0 Å². The molecule has 0 radical (unpaired) electrons. The van der Waals surface area contributed by atoms with Crippen molar-refractivity contribution in [1.82, 2.24) is 16.0 Å². The molecule has 2 unspecified atom stereocenters. The van der Waals surface area contributed by atoms with E-state index < -0.39 is 0 Å². The average molecular weight is 484 g/mol. The van der Waals surface area contributed by atoms with Gasteiger partial charge in [-0.1, -0.05) is 62.4 Å². The molecule has 0 saturated heterocycles. The van der Waals surface area contributed by atoms with Gasteiger partial charge in [-0.15, -0.1) is 0 Å².